The van der Waals surface area contributed by atoms with E-state index in [0.717, 1.165) is 11.8 Å². The van der Waals surface area contributed by atoms with Crippen molar-refractivity contribution in [1.82, 2.24) is 9.97 Å². The lowest BCUT2D eigenvalue weighted by Gasteiger charge is -2.18. The number of benzene rings is 1. The lowest BCUT2D eigenvalue weighted by molar-refractivity contribution is -0.133. The van der Waals surface area contributed by atoms with E-state index in [9.17, 15) is 4.79 Å². The van der Waals surface area contributed by atoms with Crippen LogP contribution in [-0.2, 0) is 4.79 Å². The molecule has 0 saturated heterocycles. The molecule has 7 heteroatoms. The van der Waals surface area contributed by atoms with Crippen molar-refractivity contribution < 1.29 is 9.90 Å². The summed E-state index contributed by atoms with van der Waals surface area (Å²) in [4.78, 5) is 19.0. The largest absolute Gasteiger partial charge is 0.481 e. The zero-order valence-corrected chi connectivity index (χ0v) is 14.7. The monoisotopic (exact) mass is 351 g/mol. The first kappa shape index (κ1) is 17.6. The first-order valence-corrected chi connectivity index (χ1v) is 8.45. The number of aliphatic carboxylic acids is 1. The second-order valence-electron chi connectivity index (χ2n) is 5.20. The van der Waals surface area contributed by atoms with Gasteiger partial charge in [-0.15, -0.1) is 0 Å². The summed E-state index contributed by atoms with van der Waals surface area (Å²) in [5.74, 6) is -0.449. The molecule has 0 bridgehead atoms. The number of hydrogen-bond acceptors (Lipinski definition) is 5. The van der Waals surface area contributed by atoms with E-state index >= 15 is 0 Å². The van der Waals surface area contributed by atoms with Crippen LogP contribution < -0.4 is 5.32 Å². The van der Waals surface area contributed by atoms with Gasteiger partial charge in [0.2, 0.25) is 0 Å². The maximum Gasteiger partial charge on any atom is 0.313 e. The Hall–Kier alpha value is -1.79. The van der Waals surface area contributed by atoms with E-state index in [1.165, 1.54) is 16.7 Å². The minimum absolute atomic E-state index is 0.0400. The van der Waals surface area contributed by atoms with Crippen molar-refractivity contribution in [2.75, 3.05) is 11.1 Å². The number of anilines is 1. The van der Waals surface area contributed by atoms with Crippen molar-refractivity contribution in [3.8, 4) is 0 Å². The summed E-state index contributed by atoms with van der Waals surface area (Å²) in [5, 5.41) is 12.7. The maximum absolute atomic E-state index is 10.6. The molecule has 2 aromatic rings. The number of aromatic nitrogens is 2. The van der Waals surface area contributed by atoms with E-state index in [0.29, 0.717) is 11.0 Å². The molecule has 2 rings (SSSR count). The van der Waals surface area contributed by atoms with Gasteiger partial charge in [-0.3, -0.25) is 4.79 Å². The van der Waals surface area contributed by atoms with Crippen molar-refractivity contribution in [3.05, 3.63) is 46.1 Å². The number of carboxylic acid groups (broad SMARTS) is 1. The number of nitrogens with zero attached hydrogens (tertiary/aromatic N) is 2. The zero-order chi connectivity index (χ0) is 17.0. The van der Waals surface area contributed by atoms with E-state index in [-0.39, 0.29) is 16.9 Å². The predicted molar refractivity (Wildman–Crippen MR) is 93.4 cm³/mol. The normalized spacial score (nSPS) is 12.0. The summed E-state index contributed by atoms with van der Waals surface area (Å²) in [6.07, 6.45) is 0. The lowest BCUT2D eigenvalue weighted by Crippen LogP contribution is -2.11. The molecule has 5 nitrogen and oxygen atoms in total. The predicted octanol–water partition coefficient (Wildman–Crippen LogP) is 4.10. The van der Waals surface area contributed by atoms with Crippen molar-refractivity contribution in [2.45, 2.75) is 32.0 Å². The topological polar surface area (TPSA) is 75.1 Å². The number of halogens is 1. The van der Waals surface area contributed by atoms with Gasteiger partial charge in [-0.05, 0) is 37.5 Å². The molecule has 1 aromatic carbocycles. The molecule has 0 saturated carbocycles. The Labute approximate surface area is 144 Å². The van der Waals surface area contributed by atoms with Gasteiger partial charge in [0.1, 0.15) is 11.0 Å². The fourth-order valence-electron chi connectivity index (χ4n) is 2.20. The standard InChI is InChI=1S/C16H18ClN3O2S/c1-9-5-4-6-12(10(9)2)11(3)18-14-7-13(17)19-16(20-14)23-8-15(21)22/h4-7,11H,8H2,1-3H3,(H,21,22)(H,18,19,20). The van der Waals surface area contributed by atoms with Crippen LogP contribution in [0.15, 0.2) is 29.4 Å². The Morgan fingerprint density at radius 3 is 2.83 bits per heavy atom. The molecule has 1 atom stereocenters. The third-order valence-corrected chi connectivity index (χ3v) is 4.50. The number of nitrogens with one attached hydrogen (secondary N) is 1. The Kier molecular flexibility index (Phi) is 5.85. The summed E-state index contributed by atoms with van der Waals surface area (Å²) < 4.78 is 0. The van der Waals surface area contributed by atoms with Crippen molar-refractivity contribution in [3.63, 3.8) is 0 Å². The van der Waals surface area contributed by atoms with Gasteiger partial charge in [0.25, 0.3) is 0 Å². The Balaban J connectivity index is 2.18. The second-order valence-corrected chi connectivity index (χ2v) is 6.53. The van der Waals surface area contributed by atoms with Crippen molar-refractivity contribution in [2.24, 2.45) is 0 Å². The third-order valence-electron chi connectivity index (χ3n) is 3.48. The highest BCUT2D eigenvalue weighted by Crippen LogP contribution is 2.25. The molecule has 0 spiro atoms. The van der Waals surface area contributed by atoms with Crippen LogP contribution in [-0.4, -0.2) is 26.8 Å². The minimum Gasteiger partial charge on any atom is -0.481 e. The molecule has 0 fully saturated rings. The first-order valence-electron chi connectivity index (χ1n) is 7.08. The van der Waals surface area contributed by atoms with E-state index in [4.69, 9.17) is 16.7 Å². The van der Waals surface area contributed by atoms with Crippen LogP contribution in [0.3, 0.4) is 0 Å². The van der Waals surface area contributed by atoms with Gasteiger partial charge in [0.05, 0.1) is 11.8 Å². The molecule has 1 heterocycles. The molecule has 122 valence electrons. The maximum atomic E-state index is 10.6. The fourth-order valence-corrected chi connectivity index (χ4v) is 3.02. The number of carboxylic acids is 1. The van der Waals surface area contributed by atoms with Gasteiger partial charge in [-0.1, -0.05) is 41.6 Å². The molecule has 1 unspecified atom stereocenters. The molecular formula is C16H18ClN3O2S. The fraction of sp³-hybridized carbons (Fsp3) is 0.312. The summed E-state index contributed by atoms with van der Waals surface area (Å²) in [7, 11) is 0. The molecular weight excluding hydrogens is 334 g/mol. The number of hydrogen-bond donors (Lipinski definition) is 2. The second kappa shape index (κ2) is 7.66. The van der Waals surface area contributed by atoms with Crippen molar-refractivity contribution >= 4 is 35.1 Å². The van der Waals surface area contributed by atoms with Gasteiger partial charge in [-0.25, -0.2) is 9.97 Å². The van der Waals surface area contributed by atoms with Gasteiger partial charge in [0.15, 0.2) is 5.16 Å². The van der Waals surface area contributed by atoms with Gasteiger partial charge in [-0.2, -0.15) is 0 Å². The SMILES string of the molecule is Cc1cccc(C(C)Nc2cc(Cl)nc(SCC(=O)O)n2)c1C. The summed E-state index contributed by atoms with van der Waals surface area (Å²) in [5.41, 5.74) is 3.64. The van der Waals surface area contributed by atoms with E-state index in [2.05, 4.69) is 41.3 Å². The molecule has 2 N–H and O–H groups in total. The van der Waals surface area contributed by atoms with Gasteiger partial charge < -0.3 is 10.4 Å². The van der Waals surface area contributed by atoms with Crippen LogP contribution in [0.4, 0.5) is 5.82 Å². The summed E-state index contributed by atoms with van der Waals surface area (Å²) in [6.45, 7) is 6.21. The van der Waals surface area contributed by atoms with Gasteiger partial charge >= 0.3 is 5.97 Å². The number of aryl methyl sites for hydroxylation is 1. The Morgan fingerprint density at radius 1 is 1.39 bits per heavy atom. The molecule has 0 aliphatic heterocycles. The highest BCUT2D eigenvalue weighted by Gasteiger charge is 2.12. The minimum atomic E-state index is -0.920. The van der Waals surface area contributed by atoms with Crippen LogP contribution in [0.2, 0.25) is 5.15 Å². The molecule has 0 amide bonds. The van der Waals surface area contributed by atoms with Crippen LogP contribution >= 0.6 is 23.4 Å². The highest BCUT2D eigenvalue weighted by molar-refractivity contribution is 7.99. The molecule has 0 aliphatic rings. The van der Waals surface area contributed by atoms with Gasteiger partial charge in [0, 0.05) is 6.07 Å². The Morgan fingerprint density at radius 2 is 2.13 bits per heavy atom. The zero-order valence-electron chi connectivity index (χ0n) is 13.1. The van der Waals surface area contributed by atoms with Crippen LogP contribution in [0, 0.1) is 13.8 Å². The smallest absolute Gasteiger partial charge is 0.313 e. The van der Waals surface area contributed by atoms with Crippen LogP contribution in [0.1, 0.15) is 29.7 Å². The highest BCUT2D eigenvalue weighted by atomic mass is 35.5. The number of rotatable bonds is 6. The Bertz CT molecular complexity index is 724. The number of thioether (sulfide) groups is 1. The number of carbonyl (C=O) groups is 1. The van der Waals surface area contributed by atoms with E-state index < -0.39 is 5.97 Å². The lowest BCUT2D eigenvalue weighted by atomic mass is 9.98. The van der Waals surface area contributed by atoms with Crippen molar-refractivity contribution in [1.29, 1.82) is 0 Å². The summed E-state index contributed by atoms with van der Waals surface area (Å²) >= 11 is 7.04. The first-order chi connectivity index (χ1) is 10.9. The molecule has 1 aromatic heterocycles. The quantitative estimate of drug-likeness (QED) is 0.463. The molecule has 23 heavy (non-hydrogen) atoms. The third kappa shape index (κ3) is 4.84. The summed E-state index contributed by atoms with van der Waals surface area (Å²) in [6, 6.07) is 7.85. The van der Waals surface area contributed by atoms with E-state index in [1.807, 2.05) is 13.0 Å². The molecule has 0 radical (unpaired) electrons. The molecule has 0 aliphatic carbocycles. The van der Waals surface area contributed by atoms with Crippen LogP contribution in [0.25, 0.3) is 0 Å². The van der Waals surface area contributed by atoms with E-state index in [1.54, 1.807) is 6.07 Å². The average molecular weight is 352 g/mol. The average Bonchev–Trinajstić information content (AvgIpc) is 2.47. The van der Waals surface area contributed by atoms with Crippen LogP contribution in [0.5, 0.6) is 0 Å².